The Kier molecular flexibility index (Phi) is 6.52. The number of rotatable bonds is 4. The normalized spacial score (nSPS) is 26.1. The lowest BCUT2D eigenvalue weighted by Crippen LogP contribution is -2.58. The van der Waals surface area contributed by atoms with Crippen LogP contribution in [-0.4, -0.2) is 84.4 Å². The van der Waals surface area contributed by atoms with Crippen molar-refractivity contribution in [2.24, 2.45) is 0 Å². The highest BCUT2D eigenvalue weighted by Crippen LogP contribution is 2.39. The van der Waals surface area contributed by atoms with Gasteiger partial charge in [0.15, 0.2) is 17.0 Å². The third kappa shape index (κ3) is 4.97. The second-order valence-corrected chi connectivity index (χ2v) is 12.4. The minimum atomic E-state index is -0.546. The van der Waals surface area contributed by atoms with Gasteiger partial charge in [0, 0.05) is 24.2 Å². The Hall–Kier alpha value is -2.82. The first-order valence-electron chi connectivity index (χ1n) is 13.8. The molecule has 2 atom stereocenters. The molecule has 1 aliphatic carbocycles. The number of nitrogens with zero attached hydrogens (tertiary/aromatic N) is 6. The zero-order valence-corrected chi connectivity index (χ0v) is 23.0. The van der Waals surface area contributed by atoms with Gasteiger partial charge in [-0.1, -0.05) is 12.8 Å². The van der Waals surface area contributed by atoms with Crippen molar-refractivity contribution in [3.63, 3.8) is 0 Å². The number of hydrogen-bond acceptors (Lipinski definition) is 8. The molecule has 1 saturated carbocycles. The first-order chi connectivity index (χ1) is 18.1. The molecule has 2 bridgehead atoms. The number of amides is 2. The monoisotopic (exact) mass is 545 g/mol. The van der Waals surface area contributed by atoms with Gasteiger partial charge in [0.2, 0.25) is 5.28 Å². The Morgan fingerprint density at radius 1 is 1.00 bits per heavy atom. The zero-order valence-electron chi connectivity index (χ0n) is 22.2. The topological polar surface area (TPSA) is 115 Å². The molecule has 5 heterocycles. The SMILES string of the molecule is CC(C)(C)OC(=O)N1CC(OC(=O)N2C3CCC2CC(Nc2nc(Cl)nc4c2ncn4C2CCCC2)C3)C1. The second-order valence-electron chi connectivity index (χ2n) is 12.1. The number of halogens is 1. The first-order valence-corrected chi connectivity index (χ1v) is 14.2. The average molecular weight is 546 g/mol. The molecule has 3 aliphatic heterocycles. The van der Waals surface area contributed by atoms with Gasteiger partial charge in [0.1, 0.15) is 11.7 Å². The van der Waals surface area contributed by atoms with Crippen LogP contribution in [0, 0.1) is 0 Å². The molecule has 3 saturated heterocycles. The Bertz CT molecular complexity index is 1200. The fourth-order valence-corrected chi connectivity index (χ4v) is 6.58. The molecule has 0 spiro atoms. The van der Waals surface area contributed by atoms with Crippen LogP contribution in [-0.2, 0) is 9.47 Å². The molecular formula is C26H36ClN7O4. The number of nitrogens with one attached hydrogen (secondary N) is 1. The van der Waals surface area contributed by atoms with Crippen LogP contribution in [0.15, 0.2) is 6.33 Å². The van der Waals surface area contributed by atoms with Crippen molar-refractivity contribution < 1.29 is 19.1 Å². The maximum Gasteiger partial charge on any atom is 0.410 e. The number of carbonyl (C=O) groups excluding carboxylic acids is 2. The number of hydrogen-bond donors (Lipinski definition) is 1. The molecule has 38 heavy (non-hydrogen) atoms. The Morgan fingerprint density at radius 3 is 2.34 bits per heavy atom. The third-order valence-corrected chi connectivity index (χ3v) is 8.33. The molecule has 11 nitrogen and oxygen atoms in total. The molecule has 0 radical (unpaired) electrons. The van der Waals surface area contributed by atoms with Crippen LogP contribution < -0.4 is 5.32 Å². The summed E-state index contributed by atoms with van der Waals surface area (Å²) in [6.07, 6.45) is 9.12. The Labute approximate surface area is 227 Å². The fourth-order valence-electron chi connectivity index (χ4n) is 6.42. The van der Waals surface area contributed by atoms with Crippen molar-refractivity contribution in [3.8, 4) is 0 Å². The van der Waals surface area contributed by atoms with Crippen molar-refractivity contribution in [3.05, 3.63) is 11.6 Å². The molecule has 2 unspecified atom stereocenters. The number of aromatic nitrogens is 4. The van der Waals surface area contributed by atoms with Crippen LogP contribution in [0.4, 0.5) is 15.4 Å². The Morgan fingerprint density at radius 2 is 1.68 bits per heavy atom. The van der Waals surface area contributed by atoms with E-state index in [0.717, 1.165) is 49.7 Å². The molecule has 2 aromatic heterocycles. The maximum atomic E-state index is 13.1. The number of likely N-dealkylation sites (tertiary alicyclic amines) is 1. The van der Waals surface area contributed by atoms with Gasteiger partial charge in [-0.3, -0.25) is 0 Å². The average Bonchev–Trinajstić information content (AvgIpc) is 3.53. The molecule has 4 fully saturated rings. The summed E-state index contributed by atoms with van der Waals surface area (Å²) in [7, 11) is 0. The van der Waals surface area contributed by atoms with Crippen LogP contribution in [0.25, 0.3) is 11.2 Å². The van der Waals surface area contributed by atoms with Crippen molar-refractivity contribution >= 4 is 40.8 Å². The number of fused-ring (bicyclic) bond motifs is 3. The minimum Gasteiger partial charge on any atom is -0.444 e. The summed E-state index contributed by atoms with van der Waals surface area (Å²) in [6, 6.07) is 0.763. The van der Waals surface area contributed by atoms with E-state index in [1.807, 2.05) is 32.0 Å². The molecule has 6 rings (SSSR count). The number of anilines is 1. The van der Waals surface area contributed by atoms with Crippen molar-refractivity contribution in [1.82, 2.24) is 29.3 Å². The van der Waals surface area contributed by atoms with E-state index in [9.17, 15) is 9.59 Å². The smallest absolute Gasteiger partial charge is 0.410 e. The summed E-state index contributed by atoms with van der Waals surface area (Å²) >= 11 is 6.34. The third-order valence-electron chi connectivity index (χ3n) is 8.16. The zero-order chi connectivity index (χ0) is 26.6. The molecule has 206 valence electrons. The van der Waals surface area contributed by atoms with Crippen LogP contribution in [0.5, 0.6) is 0 Å². The van der Waals surface area contributed by atoms with E-state index >= 15 is 0 Å². The standard InChI is InChI=1S/C26H36ClN7O4/c1-26(2,3)38-24(35)32-12-19(13-32)37-25(36)34-17-8-9-18(34)11-15(10-17)29-21-20-22(31-23(27)30-21)33(14-28-20)16-6-4-5-7-16/h14-19H,4-13H2,1-3H3,(H,29,30,31). The highest BCUT2D eigenvalue weighted by Gasteiger charge is 2.46. The van der Waals surface area contributed by atoms with Gasteiger partial charge in [-0.05, 0) is 70.9 Å². The van der Waals surface area contributed by atoms with Gasteiger partial charge in [-0.25, -0.2) is 14.6 Å². The summed E-state index contributed by atoms with van der Waals surface area (Å²) < 4.78 is 13.3. The molecule has 2 amide bonds. The van der Waals surface area contributed by atoms with Crippen molar-refractivity contribution in [2.75, 3.05) is 18.4 Å². The van der Waals surface area contributed by atoms with Gasteiger partial charge in [-0.15, -0.1) is 0 Å². The van der Waals surface area contributed by atoms with E-state index in [4.69, 9.17) is 21.1 Å². The van der Waals surface area contributed by atoms with E-state index in [1.54, 1.807) is 4.90 Å². The molecule has 2 aromatic rings. The van der Waals surface area contributed by atoms with Crippen molar-refractivity contribution in [1.29, 1.82) is 0 Å². The fraction of sp³-hybridized carbons (Fsp3) is 0.731. The predicted octanol–water partition coefficient (Wildman–Crippen LogP) is 4.76. The molecule has 4 aliphatic rings. The number of ether oxygens (including phenoxy) is 2. The van der Waals surface area contributed by atoms with Gasteiger partial charge in [0.25, 0.3) is 0 Å². The molecule has 0 aromatic carbocycles. The number of piperidine rings is 1. The highest BCUT2D eigenvalue weighted by molar-refractivity contribution is 6.28. The van der Waals surface area contributed by atoms with Gasteiger partial charge < -0.3 is 29.2 Å². The van der Waals surface area contributed by atoms with Crippen molar-refractivity contribution in [2.45, 2.75) is 108 Å². The van der Waals surface area contributed by atoms with E-state index in [0.29, 0.717) is 24.9 Å². The van der Waals surface area contributed by atoms with E-state index < -0.39 is 5.60 Å². The Balaban J connectivity index is 1.07. The van der Waals surface area contributed by atoms with Crippen LogP contribution in [0.3, 0.4) is 0 Å². The summed E-state index contributed by atoms with van der Waals surface area (Å²) in [4.78, 5) is 42.3. The summed E-state index contributed by atoms with van der Waals surface area (Å²) in [5, 5.41) is 3.79. The van der Waals surface area contributed by atoms with Crippen LogP contribution in [0.1, 0.15) is 78.2 Å². The highest BCUT2D eigenvalue weighted by atomic mass is 35.5. The lowest BCUT2D eigenvalue weighted by atomic mass is 9.97. The molecule has 12 heteroatoms. The largest absolute Gasteiger partial charge is 0.444 e. The lowest BCUT2D eigenvalue weighted by molar-refractivity contribution is -0.0485. The van der Waals surface area contributed by atoms with Gasteiger partial charge >= 0.3 is 12.2 Å². The lowest BCUT2D eigenvalue weighted by Gasteiger charge is -2.42. The van der Waals surface area contributed by atoms with E-state index in [1.165, 1.54) is 12.8 Å². The van der Waals surface area contributed by atoms with Gasteiger partial charge in [-0.2, -0.15) is 9.97 Å². The quantitative estimate of drug-likeness (QED) is 0.547. The maximum absolute atomic E-state index is 13.1. The van der Waals surface area contributed by atoms with E-state index in [-0.39, 0.29) is 41.7 Å². The van der Waals surface area contributed by atoms with Gasteiger partial charge in [0.05, 0.1) is 19.4 Å². The summed E-state index contributed by atoms with van der Waals surface area (Å²) in [5.74, 6) is 0.661. The summed E-state index contributed by atoms with van der Waals surface area (Å²) in [5.41, 5.74) is 0.981. The van der Waals surface area contributed by atoms with Crippen LogP contribution >= 0.6 is 11.6 Å². The van der Waals surface area contributed by atoms with E-state index in [2.05, 4.69) is 24.8 Å². The second kappa shape index (κ2) is 9.73. The number of imidazole rings is 1. The predicted molar refractivity (Wildman–Crippen MR) is 141 cm³/mol. The molecule has 1 N–H and O–H groups in total. The summed E-state index contributed by atoms with van der Waals surface area (Å²) in [6.45, 7) is 6.24. The molecular weight excluding hydrogens is 510 g/mol. The first kappa shape index (κ1) is 25.5. The minimum absolute atomic E-state index is 0.102. The van der Waals surface area contributed by atoms with Crippen LogP contribution in [0.2, 0.25) is 5.28 Å². The number of carbonyl (C=O) groups is 2.